The van der Waals surface area contributed by atoms with E-state index in [1.165, 1.54) is 0 Å². The predicted octanol–water partition coefficient (Wildman–Crippen LogP) is 3.06. The number of hydrogen-bond donors (Lipinski definition) is 0. The molecule has 3 aromatic rings. The molecule has 0 aliphatic rings. The number of benzene rings is 1. The van der Waals surface area contributed by atoms with Gasteiger partial charge in [0.15, 0.2) is 12.1 Å². The van der Waals surface area contributed by atoms with Gasteiger partial charge in [0, 0.05) is 24.4 Å². The van der Waals surface area contributed by atoms with Gasteiger partial charge in [-0.2, -0.15) is 0 Å². The summed E-state index contributed by atoms with van der Waals surface area (Å²) < 4.78 is 1.87. The Balaban J connectivity index is 2.33. The largest absolute Gasteiger partial charge is 0.335 e. The van der Waals surface area contributed by atoms with E-state index in [9.17, 15) is 4.79 Å². The lowest BCUT2D eigenvalue weighted by atomic mass is 10.1. The molecule has 0 saturated carbocycles. The third-order valence-electron chi connectivity index (χ3n) is 3.54. The molecule has 0 bridgehead atoms. The molecule has 4 nitrogen and oxygen atoms in total. The van der Waals surface area contributed by atoms with Crippen LogP contribution in [0.25, 0.3) is 22.4 Å². The summed E-state index contributed by atoms with van der Waals surface area (Å²) in [5.41, 5.74) is 4.41. The van der Waals surface area contributed by atoms with Crippen LogP contribution in [0.3, 0.4) is 0 Å². The van der Waals surface area contributed by atoms with Crippen molar-refractivity contribution < 1.29 is 4.79 Å². The van der Waals surface area contributed by atoms with Crippen LogP contribution >= 0.6 is 0 Å². The first-order valence-electron chi connectivity index (χ1n) is 6.46. The first kappa shape index (κ1) is 12.5. The molecule has 0 spiro atoms. The van der Waals surface area contributed by atoms with Crippen molar-refractivity contribution in [2.24, 2.45) is 7.05 Å². The fraction of sp³-hybridized carbons (Fsp3) is 0.188. The van der Waals surface area contributed by atoms with E-state index in [4.69, 9.17) is 0 Å². The van der Waals surface area contributed by atoms with E-state index in [0.717, 1.165) is 34.1 Å². The average molecular weight is 265 g/mol. The fourth-order valence-electron chi connectivity index (χ4n) is 2.52. The van der Waals surface area contributed by atoms with Gasteiger partial charge in [-0.3, -0.25) is 4.79 Å². The number of carbonyl (C=O) groups excluding carboxylic acids is 1. The number of hydrogen-bond acceptors (Lipinski definition) is 3. The van der Waals surface area contributed by atoms with Crippen LogP contribution in [0, 0.1) is 13.8 Å². The molecule has 0 radical (unpaired) electrons. The molecule has 20 heavy (non-hydrogen) atoms. The average Bonchev–Trinajstić information content (AvgIpc) is 2.76. The predicted molar refractivity (Wildman–Crippen MR) is 78.8 cm³/mol. The van der Waals surface area contributed by atoms with Crippen LogP contribution in [0.5, 0.6) is 0 Å². The summed E-state index contributed by atoms with van der Waals surface area (Å²) in [4.78, 5) is 20.3. The molecule has 0 amide bonds. The molecule has 0 atom stereocenters. The number of nitrogens with zero attached hydrogens (tertiary/aromatic N) is 3. The molecular formula is C16H15N3O. The Hall–Kier alpha value is -2.49. The molecule has 100 valence electrons. The summed E-state index contributed by atoms with van der Waals surface area (Å²) in [6.45, 7) is 3.96. The van der Waals surface area contributed by atoms with Crippen molar-refractivity contribution in [1.29, 1.82) is 0 Å². The molecule has 2 heterocycles. The Morgan fingerprint density at radius 1 is 1.15 bits per heavy atom. The van der Waals surface area contributed by atoms with E-state index < -0.39 is 0 Å². The highest BCUT2D eigenvalue weighted by Gasteiger charge is 2.14. The molecule has 1 aromatic carbocycles. The van der Waals surface area contributed by atoms with Gasteiger partial charge in [0.1, 0.15) is 5.65 Å². The lowest BCUT2D eigenvalue weighted by molar-refractivity contribution is 0.112. The lowest BCUT2D eigenvalue weighted by Crippen LogP contribution is -1.97. The van der Waals surface area contributed by atoms with E-state index in [1.807, 2.05) is 49.7 Å². The van der Waals surface area contributed by atoms with E-state index in [0.29, 0.717) is 11.4 Å². The Kier molecular flexibility index (Phi) is 2.86. The quantitative estimate of drug-likeness (QED) is 0.669. The minimum absolute atomic E-state index is 0.635. The van der Waals surface area contributed by atoms with Gasteiger partial charge in [0.05, 0.1) is 11.1 Å². The molecular weight excluding hydrogens is 250 g/mol. The number of aldehydes is 1. The molecule has 0 N–H and O–H groups in total. The summed E-state index contributed by atoms with van der Waals surface area (Å²) >= 11 is 0. The lowest BCUT2D eigenvalue weighted by Gasteiger charge is -2.07. The third-order valence-corrected chi connectivity index (χ3v) is 3.54. The number of fused-ring (bicyclic) bond motifs is 1. The fourth-order valence-corrected chi connectivity index (χ4v) is 2.52. The molecule has 0 fully saturated rings. The number of aromatic nitrogens is 3. The Labute approximate surface area is 117 Å². The van der Waals surface area contributed by atoms with E-state index >= 15 is 0 Å². The van der Waals surface area contributed by atoms with Crippen molar-refractivity contribution in [3.63, 3.8) is 0 Å². The van der Waals surface area contributed by atoms with E-state index in [2.05, 4.69) is 9.97 Å². The van der Waals surface area contributed by atoms with Crippen molar-refractivity contribution in [3.05, 3.63) is 47.3 Å². The maximum atomic E-state index is 11.1. The molecule has 4 heteroatoms. The number of aryl methyl sites for hydroxylation is 3. The van der Waals surface area contributed by atoms with Gasteiger partial charge >= 0.3 is 0 Å². The standard InChI is InChI=1S/C16H15N3O/c1-10-6-4-5-7-13(10)15-17-11(2)14-12(9-20)8-19(3)16(14)18-15/h4-9H,1-3H3. The van der Waals surface area contributed by atoms with Crippen molar-refractivity contribution >= 4 is 17.3 Å². The molecule has 2 aromatic heterocycles. The Morgan fingerprint density at radius 2 is 1.90 bits per heavy atom. The van der Waals surface area contributed by atoms with Crippen molar-refractivity contribution in [1.82, 2.24) is 14.5 Å². The van der Waals surface area contributed by atoms with Gasteiger partial charge in [0.2, 0.25) is 0 Å². The minimum Gasteiger partial charge on any atom is -0.335 e. The molecule has 0 unspecified atom stereocenters. The summed E-state index contributed by atoms with van der Waals surface area (Å²) in [6, 6.07) is 8.03. The molecule has 3 rings (SSSR count). The smallest absolute Gasteiger partial charge is 0.162 e. The second kappa shape index (κ2) is 4.56. The van der Waals surface area contributed by atoms with E-state index in [1.54, 1.807) is 6.20 Å². The summed E-state index contributed by atoms with van der Waals surface area (Å²) in [5.74, 6) is 0.701. The first-order valence-corrected chi connectivity index (χ1v) is 6.46. The van der Waals surface area contributed by atoms with Crippen molar-refractivity contribution in [3.8, 4) is 11.4 Å². The highest BCUT2D eigenvalue weighted by molar-refractivity contribution is 5.97. The number of carbonyl (C=O) groups is 1. The summed E-state index contributed by atoms with van der Waals surface area (Å²) in [5, 5.41) is 0.833. The maximum absolute atomic E-state index is 11.1. The molecule has 0 saturated heterocycles. The van der Waals surface area contributed by atoms with Crippen LogP contribution in [0.1, 0.15) is 21.6 Å². The van der Waals surface area contributed by atoms with Gasteiger partial charge in [-0.15, -0.1) is 0 Å². The van der Waals surface area contributed by atoms with Gasteiger partial charge in [-0.25, -0.2) is 9.97 Å². The van der Waals surface area contributed by atoms with Crippen LogP contribution in [-0.2, 0) is 7.05 Å². The monoisotopic (exact) mass is 265 g/mol. The van der Waals surface area contributed by atoms with Gasteiger partial charge in [0.25, 0.3) is 0 Å². The topological polar surface area (TPSA) is 47.8 Å². The number of rotatable bonds is 2. The highest BCUT2D eigenvalue weighted by Crippen LogP contribution is 2.25. The van der Waals surface area contributed by atoms with Crippen LogP contribution in [0.2, 0.25) is 0 Å². The first-order chi connectivity index (χ1) is 9.61. The van der Waals surface area contributed by atoms with Crippen molar-refractivity contribution in [2.45, 2.75) is 13.8 Å². The summed E-state index contributed by atoms with van der Waals surface area (Å²) in [6.07, 6.45) is 2.65. The van der Waals surface area contributed by atoms with Crippen LogP contribution in [0.4, 0.5) is 0 Å². The van der Waals surface area contributed by atoms with Gasteiger partial charge in [-0.1, -0.05) is 24.3 Å². The van der Waals surface area contributed by atoms with Gasteiger partial charge < -0.3 is 4.57 Å². The zero-order chi connectivity index (χ0) is 14.3. The highest BCUT2D eigenvalue weighted by atomic mass is 16.1. The zero-order valence-corrected chi connectivity index (χ0v) is 11.7. The van der Waals surface area contributed by atoms with Crippen LogP contribution in [0.15, 0.2) is 30.5 Å². The van der Waals surface area contributed by atoms with Crippen LogP contribution < -0.4 is 0 Å². The van der Waals surface area contributed by atoms with Crippen molar-refractivity contribution in [2.75, 3.05) is 0 Å². The van der Waals surface area contributed by atoms with Crippen LogP contribution in [-0.4, -0.2) is 20.8 Å². The summed E-state index contributed by atoms with van der Waals surface area (Å²) in [7, 11) is 1.89. The molecule has 0 aliphatic heterocycles. The normalized spacial score (nSPS) is 10.9. The maximum Gasteiger partial charge on any atom is 0.162 e. The van der Waals surface area contributed by atoms with E-state index in [-0.39, 0.29) is 0 Å². The Morgan fingerprint density at radius 3 is 2.60 bits per heavy atom. The Bertz CT molecular complexity index is 818. The van der Waals surface area contributed by atoms with Gasteiger partial charge in [-0.05, 0) is 19.4 Å². The molecule has 0 aliphatic carbocycles. The SMILES string of the molecule is Cc1ccccc1-c1nc(C)c2c(C=O)cn(C)c2n1. The second-order valence-corrected chi connectivity index (χ2v) is 4.96. The third kappa shape index (κ3) is 1.81. The second-order valence-electron chi connectivity index (χ2n) is 4.96. The minimum atomic E-state index is 0.635. The zero-order valence-electron chi connectivity index (χ0n) is 11.7.